The maximum atomic E-state index is 12.7. The predicted octanol–water partition coefficient (Wildman–Crippen LogP) is 3.12. The largest absolute Gasteiger partial charge is 0.393 e. The van der Waals surface area contributed by atoms with Gasteiger partial charge in [0.05, 0.1) is 23.8 Å². The molecule has 0 bridgehead atoms. The summed E-state index contributed by atoms with van der Waals surface area (Å²) in [7, 11) is 0. The number of rotatable bonds is 5. The number of ether oxygens (including phenoxy) is 1. The van der Waals surface area contributed by atoms with Gasteiger partial charge in [-0.25, -0.2) is 4.98 Å². The molecule has 1 aromatic carbocycles. The van der Waals surface area contributed by atoms with Crippen LogP contribution in [-0.4, -0.2) is 57.9 Å². The zero-order valence-corrected chi connectivity index (χ0v) is 17.4. The Bertz CT molecular complexity index is 881. The molecule has 2 unspecified atom stereocenters. The minimum Gasteiger partial charge on any atom is -0.393 e. The van der Waals surface area contributed by atoms with E-state index in [9.17, 15) is 9.90 Å². The van der Waals surface area contributed by atoms with Crippen LogP contribution in [0.15, 0.2) is 36.8 Å². The van der Waals surface area contributed by atoms with Crippen LogP contribution in [-0.2, 0) is 9.53 Å². The molecule has 5 rings (SSSR count). The molecule has 2 atom stereocenters. The number of aromatic nitrogens is 2. The quantitative estimate of drug-likeness (QED) is 0.824. The van der Waals surface area contributed by atoms with Crippen LogP contribution in [0, 0.1) is 11.8 Å². The smallest absolute Gasteiger partial charge is 0.222 e. The Morgan fingerprint density at radius 1 is 1.17 bits per heavy atom. The number of hydrogen-bond acceptors (Lipinski definition) is 4. The lowest BCUT2D eigenvalue weighted by molar-refractivity contribution is -0.135. The van der Waals surface area contributed by atoms with Gasteiger partial charge in [0.15, 0.2) is 0 Å². The normalized spacial score (nSPS) is 23.2. The fourth-order valence-electron chi connectivity index (χ4n) is 5.47. The summed E-state index contributed by atoms with van der Waals surface area (Å²) in [6, 6.07) is 8.40. The second-order valence-corrected chi connectivity index (χ2v) is 9.08. The summed E-state index contributed by atoms with van der Waals surface area (Å²) in [6.45, 7) is 3.11. The van der Waals surface area contributed by atoms with Crippen LogP contribution < -0.4 is 0 Å². The first kappa shape index (κ1) is 19.8. The van der Waals surface area contributed by atoms with Crippen LogP contribution in [0.4, 0.5) is 0 Å². The topological polar surface area (TPSA) is 67.6 Å². The van der Waals surface area contributed by atoms with E-state index in [0.29, 0.717) is 18.8 Å². The summed E-state index contributed by atoms with van der Waals surface area (Å²) in [5.74, 6) is 1.19. The molecule has 3 aliphatic rings. The van der Waals surface area contributed by atoms with Crippen molar-refractivity contribution in [1.82, 2.24) is 14.5 Å². The van der Waals surface area contributed by atoms with Gasteiger partial charge in [0.2, 0.25) is 5.91 Å². The van der Waals surface area contributed by atoms with Crippen LogP contribution in [0.25, 0.3) is 5.69 Å². The highest BCUT2D eigenvalue weighted by Crippen LogP contribution is 2.41. The fraction of sp³-hybridized carbons (Fsp3) is 0.583. The van der Waals surface area contributed by atoms with Crippen molar-refractivity contribution in [3.63, 3.8) is 0 Å². The SMILES string of the molecule is O=C(CC1CCOCC1)N1CCC(C(O)CC2c3ccccc3-n3cncc32)CC1. The summed E-state index contributed by atoms with van der Waals surface area (Å²) in [4.78, 5) is 19.0. The number of nitrogens with zero attached hydrogens (tertiary/aromatic N) is 3. The zero-order valence-electron chi connectivity index (χ0n) is 17.4. The molecule has 4 heterocycles. The van der Waals surface area contributed by atoms with Gasteiger partial charge in [0, 0.05) is 44.8 Å². The standard InChI is InChI=1S/C24H31N3O3/c28-23(14-20-19-3-1-2-4-21(19)27-16-25-15-22(20)27)18-5-9-26(10-6-18)24(29)13-17-7-11-30-12-8-17/h1-4,15-18,20,23,28H,5-14H2. The van der Waals surface area contributed by atoms with Crippen molar-refractivity contribution in [1.29, 1.82) is 0 Å². The molecule has 0 aliphatic carbocycles. The van der Waals surface area contributed by atoms with Crippen molar-refractivity contribution in [3.8, 4) is 5.69 Å². The molecule has 6 heteroatoms. The van der Waals surface area contributed by atoms with Gasteiger partial charge in [-0.3, -0.25) is 4.79 Å². The molecule has 2 aromatic rings. The summed E-state index contributed by atoms with van der Waals surface area (Å²) in [5.41, 5.74) is 3.62. The number of amides is 1. The van der Waals surface area contributed by atoms with E-state index in [1.165, 1.54) is 16.9 Å². The molecular formula is C24H31N3O3. The molecule has 6 nitrogen and oxygen atoms in total. The minimum absolute atomic E-state index is 0.187. The number of carbonyl (C=O) groups is 1. The second kappa shape index (κ2) is 8.52. The molecular weight excluding hydrogens is 378 g/mol. The highest BCUT2D eigenvalue weighted by molar-refractivity contribution is 5.76. The lowest BCUT2D eigenvalue weighted by Gasteiger charge is -2.36. The van der Waals surface area contributed by atoms with Crippen molar-refractivity contribution in [3.05, 3.63) is 48.0 Å². The Kier molecular flexibility index (Phi) is 5.61. The average Bonchev–Trinajstić information content (AvgIpc) is 3.37. The molecule has 30 heavy (non-hydrogen) atoms. The number of piperidine rings is 1. The lowest BCUT2D eigenvalue weighted by Crippen LogP contribution is -2.42. The predicted molar refractivity (Wildman–Crippen MR) is 113 cm³/mol. The van der Waals surface area contributed by atoms with E-state index in [1.54, 1.807) is 0 Å². The van der Waals surface area contributed by atoms with Crippen LogP contribution in [0.5, 0.6) is 0 Å². The average molecular weight is 410 g/mol. The fourth-order valence-corrected chi connectivity index (χ4v) is 5.47. The Hall–Kier alpha value is -2.18. The third kappa shape index (κ3) is 3.79. The highest BCUT2D eigenvalue weighted by atomic mass is 16.5. The van der Waals surface area contributed by atoms with E-state index < -0.39 is 0 Å². The summed E-state index contributed by atoms with van der Waals surface area (Å²) < 4.78 is 7.55. The number of para-hydroxylation sites is 1. The number of benzene rings is 1. The van der Waals surface area contributed by atoms with Gasteiger partial charge in [-0.1, -0.05) is 18.2 Å². The van der Waals surface area contributed by atoms with Gasteiger partial charge < -0.3 is 19.3 Å². The zero-order chi connectivity index (χ0) is 20.5. The highest BCUT2D eigenvalue weighted by Gasteiger charge is 2.34. The van der Waals surface area contributed by atoms with Gasteiger partial charge in [-0.15, -0.1) is 0 Å². The molecule has 160 valence electrons. The Morgan fingerprint density at radius 3 is 2.73 bits per heavy atom. The van der Waals surface area contributed by atoms with Gasteiger partial charge in [0.1, 0.15) is 0 Å². The third-order valence-corrected chi connectivity index (χ3v) is 7.31. The third-order valence-electron chi connectivity index (χ3n) is 7.31. The molecule has 1 amide bonds. The summed E-state index contributed by atoms with van der Waals surface area (Å²) in [6.07, 6.45) is 8.56. The van der Waals surface area contributed by atoms with Gasteiger partial charge in [0.25, 0.3) is 0 Å². The number of imidazole rings is 1. The van der Waals surface area contributed by atoms with Crippen LogP contribution in [0.3, 0.4) is 0 Å². The minimum atomic E-state index is -0.364. The van der Waals surface area contributed by atoms with E-state index in [4.69, 9.17) is 4.74 Å². The van der Waals surface area contributed by atoms with Crippen molar-refractivity contribution >= 4 is 5.91 Å². The van der Waals surface area contributed by atoms with Gasteiger partial charge in [-0.05, 0) is 55.6 Å². The molecule has 0 spiro atoms. The summed E-state index contributed by atoms with van der Waals surface area (Å²) in [5, 5.41) is 11.1. The van der Waals surface area contributed by atoms with E-state index >= 15 is 0 Å². The van der Waals surface area contributed by atoms with Crippen molar-refractivity contribution in [2.75, 3.05) is 26.3 Å². The van der Waals surface area contributed by atoms with Crippen molar-refractivity contribution < 1.29 is 14.6 Å². The van der Waals surface area contributed by atoms with Crippen molar-refractivity contribution in [2.45, 2.75) is 50.5 Å². The number of carbonyl (C=O) groups excluding carboxylic acids is 1. The van der Waals surface area contributed by atoms with E-state index in [1.807, 2.05) is 17.4 Å². The van der Waals surface area contributed by atoms with Gasteiger partial charge >= 0.3 is 0 Å². The maximum Gasteiger partial charge on any atom is 0.222 e. The monoisotopic (exact) mass is 409 g/mol. The molecule has 1 N–H and O–H groups in total. The lowest BCUT2D eigenvalue weighted by atomic mass is 9.83. The van der Waals surface area contributed by atoms with Crippen LogP contribution in [0.2, 0.25) is 0 Å². The second-order valence-electron chi connectivity index (χ2n) is 9.08. The molecule has 3 aliphatic heterocycles. The summed E-state index contributed by atoms with van der Waals surface area (Å²) >= 11 is 0. The number of fused-ring (bicyclic) bond motifs is 3. The Labute approximate surface area is 177 Å². The first-order valence-electron chi connectivity index (χ1n) is 11.4. The first-order chi connectivity index (χ1) is 14.7. The van der Waals surface area contributed by atoms with E-state index in [-0.39, 0.29) is 23.8 Å². The van der Waals surface area contributed by atoms with Gasteiger partial charge in [-0.2, -0.15) is 0 Å². The van der Waals surface area contributed by atoms with Crippen LogP contribution in [0.1, 0.15) is 55.7 Å². The van der Waals surface area contributed by atoms with E-state index in [2.05, 4.69) is 33.8 Å². The first-order valence-corrected chi connectivity index (χ1v) is 11.4. The Morgan fingerprint density at radius 2 is 1.93 bits per heavy atom. The molecule has 2 fully saturated rings. The molecule has 2 saturated heterocycles. The van der Waals surface area contributed by atoms with Crippen LogP contribution >= 0.6 is 0 Å². The number of hydrogen-bond donors (Lipinski definition) is 1. The number of aliphatic hydroxyl groups excluding tert-OH is 1. The number of aliphatic hydroxyl groups is 1. The molecule has 0 saturated carbocycles. The Balaban J connectivity index is 1.17. The number of likely N-dealkylation sites (tertiary alicyclic amines) is 1. The molecule has 1 aromatic heterocycles. The van der Waals surface area contributed by atoms with E-state index in [0.717, 1.165) is 52.0 Å². The van der Waals surface area contributed by atoms with Crippen molar-refractivity contribution in [2.24, 2.45) is 11.8 Å². The maximum absolute atomic E-state index is 12.7. The molecule has 0 radical (unpaired) electrons.